The van der Waals surface area contributed by atoms with Gasteiger partial charge in [0.2, 0.25) is 0 Å². The summed E-state index contributed by atoms with van der Waals surface area (Å²) in [5, 5.41) is 12.5. The van der Waals surface area contributed by atoms with Crippen LogP contribution in [0.3, 0.4) is 0 Å². The molecule has 98 valence electrons. The van der Waals surface area contributed by atoms with Crippen molar-refractivity contribution in [2.45, 2.75) is 25.9 Å². The number of pyridine rings is 1. The van der Waals surface area contributed by atoms with Crippen molar-refractivity contribution in [3.8, 4) is 0 Å². The van der Waals surface area contributed by atoms with E-state index in [4.69, 9.17) is 0 Å². The summed E-state index contributed by atoms with van der Waals surface area (Å²) in [6.45, 7) is 3.98. The highest BCUT2D eigenvalue weighted by molar-refractivity contribution is 5.92. The number of carbonyl (C=O) groups is 1. The number of amides is 1. The average molecular weight is 249 g/mol. The SMILES string of the molecule is CCNc1cccc(C(=O)N2CCC(O)CC2)n1. The van der Waals surface area contributed by atoms with Crippen LogP contribution in [0.1, 0.15) is 30.3 Å². The van der Waals surface area contributed by atoms with Crippen molar-refractivity contribution in [2.24, 2.45) is 0 Å². The molecule has 5 nitrogen and oxygen atoms in total. The predicted octanol–water partition coefficient (Wildman–Crippen LogP) is 1.11. The van der Waals surface area contributed by atoms with Gasteiger partial charge in [-0.1, -0.05) is 6.07 Å². The van der Waals surface area contributed by atoms with Gasteiger partial charge in [0, 0.05) is 19.6 Å². The lowest BCUT2D eigenvalue weighted by atomic mass is 10.1. The van der Waals surface area contributed by atoms with Gasteiger partial charge in [-0.3, -0.25) is 4.79 Å². The average Bonchev–Trinajstić information content (AvgIpc) is 2.39. The zero-order valence-electron chi connectivity index (χ0n) is 10.6. The highest BCUT2D eigenvalue weighted by Crippen LogP contribution is 2.14. The summed E-state index contributed by atoms with van der Waals surface area (Å²) in [4.78, 5) is 18.3. The lowest BCUT2D eigenvalue weighted by Crippen LogP contribution is -2.40. The summed E-state index contributed by atoms with van der Waals surface area (Å²) < 4.78 is 0. The van der Waals surface area contributed by atoms with Gasteiger partial charge in [0.05, 0.1) is 6.10 Å². The summed E-state index contributed by atoms with van der Waals surface area (Å²) in [6.07, 6.45) is 1.03. The number of hydrogen-bond donors (Lipinski definition) is 2. The number of likely N-dealkylation sites (tertiary alicyclic amines) is 1. The van der Waals surface area contributed by atoms with E-state index in [0.717, 1.165) is 12.4 Å². The summed E-state index contributed by atoms with van der Waals surface area (Å²) in [6, 6.07) is 5.41. The van der Waals surface area contributed by atoms with Crippen LogP contribution in [0, 0.1) is 0 Å². The maximum absolute atomic E-state index is 12.2. The molecule has 1 aromatic heterocycles. The topological polar surface area (TPSA) is 65.5 Å². The third-order valence-electron chi connectivity index (χ3n) is 3.08. The van der Waals surface area contributed by atoms with Gasteiger partial charge in [-0.2, -0.15) is 0 Å². The number of anilines is 1. The van der Waals surface area contributed by atoms with E-state index in [2.05, 4.69) is 10.3 Å². The molecule has 0 unspecified atom stereocenters. The molecule has 2 heterocycles. The van der Waals surface area contributed by atoms with Crippen molar-refractivity contribution in [2.75, 3.05) is 25.0 Å². The van der Waals surface area contributed by atoms with Gasteiger partial charge >= 0.3 is 0 Å². The number of nitrogens with one attached hydrogen (secondary N) is 1. The van der Waals surface area contributed by atoms with Gasteiger partial charge in [-0.15, -0.1) is 0 Å². The van der Waals surface area contributed by atoms with E-state index in [1.54, 1.807) is 11.0 Å². The molecular formula is C13H19N3O2. The molecule has 1 saturated heterocycles. The quantitative estimate of drug-likeness (QED) is 0.842. The van der Waals surface area contributed by atoms with Crippen LogP contribution >= 0.6 is 0 Å². The van der Waals surface area contributed by atoms with Crippen LogP contribution < -0.4 is 5.32 Å². The van der Waals surface area contributed by atoms with Crippen LogP contribution in [0.4, 0.5) is 5.82 Å². The van der Waals surface area contributed by atoms with Crippen molar-refractivity contribution in [1.82, 2.24) is 9.88 Å². The third-order valence-corrected chi connectivity index (χ3v) is 3.08. The molecule has 18 heavy (non-hydrogen) atoms. The smallest absolute Gasteiger partial charge is 0.272 e. The van der Waals surface area contributed by atoms with Crippen LogP contribution in [-0.2, 0) is 0 Å². The molecule has 2 rings (SSSR count). The minimum atomic E-state index is -0.268. The molecular weight excluding hydrogens is 230 g/mol. The minimum absolute atomic E-state index is 0.0540. The number of aliphatic hydroxyl groups is 1. The van der Waals surface area contributed by atoms with Crippen LogP contribution in [-0.4, -0.2) is 46.6 Å². The normalized spacial score (nSPS) is 16.7. The van der Waals surface area contributed by atoms with Crippen molar-refractivity contribution >= 4 is 11.7 Å². The fourth-order valence-electron chi connectivity index (χ4n) is 2.06. The first-order valence-electron chi connectivity index (χ1n) is 6.39. The first-order chi connectivity index (χ1) is 8.70. The van der Waals surface area contributed by atoms with Crippen molar-refractivity contribution in [3.05, 3.63) is 23.9 Å². The molecule has 0 atom stereocenters. The number of rotatable bonds is 3. The highest BCUT2D eigenvalue weighted by atomic mass is 16.3. The zero-order chi connectivity index (χ0) is 13.0. The summed E-state index contributed by atoms with van der Waals surface area (Å²) in [7, 11) is 0. The fourth-order valence-corrected chi connectivity index (χ4v) is 2.06. The van der Waals surface area contributed by atoms with E-state index in [1.165, 1.54) is 0 Å². The lowest BCUT2D eigenvalue weighted by Gasteiger charge is -2.29. The number of carbonyl (C=O) groups excluding carboxylic acids is 1. The van der Waals surface area contributed by atoms with Crippen LogP contribution in [0.25, 0.3) is 0 Å². The standard InChI is InChI=1S/C13H19N3O2/c1-2-14-12-5-3-4-11(15-12)13(18)16-8-6-10(17)7-9-16/h3-5,10,17H,2,6-9H2,1H3,(H,14,15). The third kappa shape index (κ3) is 2.98. The number of hydrogen-bond acceptors (Lipinski definition) is 4. The lowest BCUT2D eigenvalue weighted by molar-refractivity contribution is 0.0541. The molecule has 1 aromatic rings. The van der Waals surface area contributed by atoms with Crippen LogP contribution in [0.15, 0.2) is 18.2 Å². The minimum Gasteiger partial charge on any atom is -0.393 e. The Balaban J connectivity index is 2.06. The maximum Gasteiger partial charge on any atom is 0.272 e. The van der Waals surface area contributed by atoms with Gasteiger partial charge in [-0.05, 0) is 31.9 Å². The van der Waals surface area contributed by atoms with Crippen LogP contribution in [0.2, 0.25) is 0 Å². The van der Waals surface area contributed by atoms with Crippen molar-refractivity contribution < 1.29 is 9.90 Å². The number of aromatic nitrogens is 1. The summed E-state index contributed by atoms with van der Waals surface area (Å²) in [5.41, 5.74) is 0.463. The second-order valence-corrected chi connectivity index (χ2v) is 4.46. The van der Waals surface area contributed by atoms with E-state index in [1.807, 2.05) is 19.1 Å². The maximum atomic E-state index is 12.2. The van der Waals surface area contributed by atoms with Gasteiger partial charge in [0.15, 0.2) is 0 Å². The number of aliphatic hydroxyl groups excluding tert-OH is 1. The Bertz CT molecular complexity index is 414. The molecule has 0 aromatic carbocycles. The summed E-state index contributed by atoms with van der Waals surface area (Å²) >= 11 is 0. The predicted molar refractivity (Wildman–Crippen MR) is 69.5 cm³/mol. The Morgan fingerprint density at radius 2 is 2.22 bits per heavy atom. The Kier molecular flexibility index (Phi) is 4.15. The molecule has 1 amide bonds. The summed E-state index contributed by atoms with van der Waals surface area (Å²) in [5.74, 6) is 0.669. The Labute approximate surface area is 107 Å². The molecule has 5 heteroatoms. The highest BCUT2D eigenvalue weighted by Gasteiger charge is 2.23. The molecule has 0 radical (unpaired) electrons. The number of piperidine rings is 1. The second-order valence-electron chi connectivity index (χ2n) is 4.46. The zero-order valence-corrected chi connectivity index (χ0v) is 10.6. The number of nitrogens with zero attached hydrogens (tertiary/aromatic N) is 2. The van der Waals surface area contributed by atoms with E-state index in [-0.39, 0.29) is 12.0 Å². The van der Waals surface area contributed by atoms with E-state index < -0.39 is 0 Å². The Morgan fingerprint density at radius 1 is 1.50 bits per heavy atom. The molecule has 0 saturated carbocycles. The van der Waals surface area contributed by atoms with Gasteiger partial charge in [0.1, 0.15) is 11.5 Å². The largest absolute Gasteiger partial charge is 0.393 e. The Hall–Kier alpha value is -1.62. The molecule has 0 bridgehead atoms. The first kappa shape index (κ1) is 12.8. The van der Waals surface area contributed by atoms with Crippen molar-refractivity contribution in [3.63, 3.8) is 0 Å². The molecule has 0 aliphatic carbocycles. The monoisotopic (exact) mass is 249 g/mol. The van der Waals surface area contributed by atoms with Gasteiger partial charge < -0.3 is 15.3 Å². The van der Waals surface area contributed by atoms with E-state index >= 15 is 0 Å². The molecule has 2 N–H and O–H groups in total. The molecule has 1 aliphatic heterocycles. The second kappa shape index (κ2) is 5.82. The van der Waals surface area contributed by atoms with Crippen LogP contribution in [0.5, 0.6) is 0 Å². The van der Waals surface area contributed by atoms with Gasteiger partial charge in [-0.25, -0.2) is 4.98 Å². The Morgan fingerprint density at radius 3 is 2.89 bits per heavy atom. The fraction of sp³-hybridized carbons (Fsp3) is 0.538. The molecule has 1 fully saturated rings. The van der Waals surface area contributed by atoms with Gasteiger partial charge in [0.25, 0.3) is 5.91 Å². The van der Waals surface area contributed by atoms with Crippen molar-refractivity contribution in [1.29, 1.82) is 0 Å². The van der Waals surface area contributed by atoms with E-state index in [0.29, 0.717) is 31.6 Å². The first-order valence-corrected chi connectivity index (χ1v) is 6.39. The molecule has 1 aliphatic rings. The van der Waals surface area contributed by atoms with E-state index in [9.17, 15) is 9.90 Å². The molecule has 0 spiro atoms.